The Morgan fingerprint density at radius 3 is 3.11 bits per heavy atom. The molecule has 0 fully saturated rings. The van der Waals surface area contributed by atoms with Gasteiger partial charge in [-0.2, -0.15) is 0 Å². The van der Waals surface area contributed by atoms with Crippen LogP contribution >= 0.6 is 0 Å². The van der Waals surface area contributed by atoms with Gasteiger partial charge in [0.1, 0.15) is 5.82 Å². The van der Waals surface area contributed by atoms with Gasteiger partial charge in [0.15, 0.2) is 5.69 Å². The summed E-state index contributed by atoms with van der Waals surface area (Å²) in [5, 5.41) is 3.22. The third-order valence-electron chi connectivity index (χ3n) is 2.98. The van der Waals surface area contributed by atoms with Gasteiger partial charge in [-0.25, -0.2) is 9.78 Å². The van der Waals surface area contributed by atoms with Crippen LogP contribution in [0.15, 0.2) is 24.5 Å². The lowest BCUT2D eigenvalue weighted by molar-refractivity contribution is 0.0593. The summed E-state index contributed by atoms with van der Waals surface area (Å²) in [5.41, 5.74) is 0.228. The van der Waals surface area contributed by atoms with Gasteiger partial charge in [-0.05, 0) is 25.2 Å². The molecule has 1 heterocycles. The van der Waals surface area contributed by atoms with Gasteiger partial charge >= 0.3 is 5.97 Å². The zero-order valence-corrected chi connectivity index (χ0v) is 10.4. The fraction of sp³-hybridized carbons (Fsp3) is 0.462. The van der Waals surface area contributed by atoms with Crippen molar-refractivity contribution in [2.24, 2.45) is 5.92 Å². The molecule has 1 aliphatic carbocycles. The van der Waals surface area contributed by atoms with E-state index in [2.05, 4.69) is 32.2 Å². The molecule has 1 aliphatic rings. The molecule has 2 rings (SSSR count). The maximum atomic E-state index is 11.3. The second kappa shape index (κ2) is 6.14. The molecule has 1 N–H and O–H groups in total. The molecule has 96 valence electrons. The number of ether oxygens (including phenoxy) is 1. The van der Waals surface area contributed by atoms with E-state index in [4.69, 9.17) is 0 Å². The van der Waals surface area contributed by atoms with Gasteiger partial charge in [0.2, 0.25) is 0 Å². The van der Waals surface area contributed by atoms with Crippen LogP contribution in [0.25, 0.3) is 0 Å². The predicted molar refractivity (Wildman–Crippen MR) is 68.3 cm³/mol. The maximum absolute atomic E-state index is 11.3. The normalized spacial score (nSPS) is 18.4. The lowest BCUT2D eigenvalue weighted by Gasteiger charge is -2.18. The van der Waals surface area contributed by atoms with Crippen molar-refractivity contribution in [1.29, 1.82) is 0 Å². The fourth-order valence-electron chi connectivity index (χ4n) is 1.94. The summed E-state index contributed by atoms with van der Waals surface area (Å²) in [5.74, 6) is 0.776. The average Bonchev–Trinajstić information content (AvgIpc) is 2.45. The number of nitrogens with one attached hydrogen (secondary N) is 1. The maximum Gasteiger partial charge on any atom is 0.358 e. The van der Waals surface area contributed by atoms with Gasteiger partial charge in [0.05, 0.1) is 19.5 Å². The van der Waals surface area contributed by atoms with Crippen molar-refractivity contribution in [3.05, 3.63) is 30.2 Å². The predicted octanol–water partition coefficient (Wildman–Crippen LogP) is 2.03. The number of nitrogens with zero attached hydrogens (tertiary/aromatic N) is 2. The van der Waals surface area contributed by atoms with E-state index in [0.717, 1.165) is 19.4 Å². The highest BCUT2D eigenvalue weighted by Crippen LogP contribution is 2.18. The smallest absolute Gasteiger partial charge is 0.358 e. The van der Waals surface area contributed by atoms with Crippen LogP contribution in [0.4, 0.5) is 5.82 Å². The second-order valence-electron chi connectivity index (χ2n) is 4.31. The summed E-state index contributed by atoms with van der Waals surface area (Å²) in [7, 11) is 1.33. The minimum absolute atomic E-state index is 0.228. The van der Waals surface area contributed by atoms with E-state index < -0.39 is 5.97 Å². The summed E-state index contributed by atoms with van der Waals surface area (Å²) in [4.78, 5) is 19.4. The van der Waals surface area contributed by atoms with E-state index in [1.54, 1.807) is 6.20 Å². The molecule has 1 atom stereocenters. The lowest BCUT2D eigenvalue weighted by atomic mass is 9.94. The minimum atomic E-state index is -0.466. The highest BCUT2D eigenvalue weighted by Gasteiger charge is 2.11. The molecular weight excluding hydrogens is 230 g/mol. The first-order valence-corrected chi connectivity index (χ1v) is 6.09. The van der Waals surface area contributed by atoms with E-state index >= 15 is 0 Å². The van der Waals surface area contributed by atoms with Crippen LogP contribution in [0, 0.1) is 5.92 Å². The lowest BCUT2D eigenvalue weighted by Crippen LogP contribution is -2.17. The molecule has 5 heteroatoms. The Morgan fingerprint density at radius 2 is 2.39 bits per heavy atom. The SMILES string of the molecule is COC(=O)c1cncc(NCC2CC=CCC2)n1. The summed E-state index contributed by atoms with van der Waals surface area (Å²) in [6.45, 7) is 0.851. The van der Waals surface area contributed by atoms with Gasteiger partial charge in [0, 0.05) is 6.54 Å². The van der Waals surface area contributed by atoms with Gasteiger partial charge in [0.25, 0.3) is 0 Å². The van der Waals surface area contributed by atoms with Crippen LogP contribution in [0.5, 0.6) is 0 Å². The van der Waals surface area contributed by atoms with Crippen molar-refractivity contribution in [3.63, 3.8) is 0 Å². The van der Waals surface area contributed by atoms with Crippen LogP contribution in [0.3, 0.4) is 0 Å². The van der Waals surface area contributed by atoms with Crippen molar-refractivity contribution in [2.75, 3.05) is 19.0 Å². The monoisotopic (exact) mass is 247 g/mol. The van der Waals surface area contributed by atoms with Gasteiger partial charge in [-0.1, -0.05) is 12.2 Å². The quantitative estimate of drug-likeness (QED) is 0.651. The Bertz CT molecular complexity index is 446. The number of aromatic nitrogens is 2. The number of methoxy groups -OCH3 is 1. The Morgan fingerprint density at radius 1 is 1.50 bits per heavy atom. The second-order valence-corrected chi connectivity index (χ2v) is 4.31. The van der Waals surface area contributed by atoms with Crippen molar-refractivity contribution in [1.82, 2.24) is 9.97 Å². The molecule has 0 bridgehead atoms. The molecule has 18 heavy (non-hydrogen) atoms. The van der Waals surface area contributed by atoms with E-state index in [1.165, 1.54) is 19.7 Å². The van der Waals surface area contributed by atoms with Crippen LogP contribution in [0.2, 0.25) is 0 Å². The molecule has 0 saturated carbocycles. The van der Waals surface area contributed by atoms with Gasteiger partial charge in [-0.15, -0.1) is 0 Å². The number of hydrogen-bond donors (Lipinski definition) is 1. The Balaban J connectivity index is 1.92. The third-order valence-corrected chi connectivity index (χ3v) is 2.98. The van der Waals surface area contributed by atoms with Crippen molar-refractivity contribution < 1.29 is 9.53 Å². The molecule has 0 spiro atoms. The number of rotatable bonds is 4. The number of hydrogen-bond acceptors (Lipinski definition) is 5. The largest absolute Gasteiger partial charge is 0.464 e. The zero-order chi connectivity index (χ0) is 12.8. The van der Waals surface area contributed by atoms with Crippen LogP contribution in [-0.4, -0.2) is 29.6 Å². The first kappa shape index (κ1) is 12.5. The fourth-order valence-corrected chi connectivity index (χ4v) is 1.94. The molecule has 1 aromatic rings. The van der Waals surface area contributed by atoms with Crippen LogP contribution in [-0.2, 0) is 4.74 Å². The molecule has 0 amide bonds. The molecular formula is C13H17N3O2. The number of anilines is 1. The molecule has 1 aromatic heterocycles. The molecule has 5 nitrogen and oxygen atoms in total. The Labute approximate surface area is 106 Å². The van der Waals surface area contributed by atoms with E-state index in [9.17, 15) is 4.79 Å². The van der Waals surface area contributed by atoms with E-state index in [0.29, 0.717) is 11.7 Å². The van der Waals surface area contributed by atoms with Crippen molar-refractivity contribution in [2.45, 2.75) is 19.3 Å². The molecule has 0 radical (unpaired) electrons. The van der Waals surface area contributed by atoms with Crippen molar-refractivity contribution in [3.8, 4) is 0 Å². The zero-order valence-electron chi connectivity index (χ0n) is 10.4. The number of carbonyl (C=O) groups excluding carboxylic acids is 1. The molecule has 0 saturated heterocycles. The van der Waals surface area contributed by atoms with E-state index in [1.807, 2.05) is 0 Å². The highest BCUT2D eigenvalue weighted by atomic mass is 16.5. The summed E-state index contributed by atoms with van der Waals surface area (Å²) >= 11 is 0. The average molecular weight is 247 g/mol. The molecule has 1 unspecified atom stereocenters. The number of allylic oxidation sites excluding steroid dienone is 2. The third kappa shape index (κ3) is 3.29. The summed E-state index contributed by atoms with van der Waals surface area (Å²) in [6, 6.07) is 0. The molecule has 0 aliphatic heterocycles. The number of esters is 1. The number of carbonyl (C=O) groups is 1. The highest BCUT2D eigenvalue weighted by molar-refractivity contribution is 5.87. The molecule has 0 aromatic carbocycles. The van der Waals surface area contributed by atoms with Gasteiger partial charge in [-0.3, -0.25) is 4.98 Å². The minimum Gasteiger partial charge on any atom is -0.464 e. The Kier molecular flexibility index (Phi) is 4.28. The first-order chi connectivity index (χ1) is 8.79. The van der Waals surface area contributed by atoms with Gasteiger partial charge < -0.3 is 10.1 Å². The van der Waals surface area contributed by atoms with Crippen molar-refractivity contribution >= 4 is 11.8 Å². The van der Waals surface area contributed by atoms with Crippen LogP contribution in [0.1, 0.15) is 29.8 Å². The van der Waals surface area contributed by atoms with E-state index in [-0.39, 0.29) is 5.69 Å². The Hall–Kier alpha value is -1.91. The standard InChI is InChI=1S/C13H17N3O2/c1-18-13(17)11-8-14-9-12(16-11)15-7-10-5-3-2-4-6-10/h2-3,8-10H,4-7H2,1H3,(H,15,16). The summed E-state index contributed by atoms with van der Waals surface area (Å²) in [6.07, 6.45) is 10.9. The summed E-state index contributed by atoms with van der Waals surface area (Å²) < 4.78 is 4.61. The van der Waals surface area contributed by atoms with Crippen LogP contribution < -0.4 is 5.32 Å². The first-order valence-electron chi connectivity index (χ1n) is 6.09. The topological polar surface area (TPSA) is 64.1 Å².